The molecule has 0 amide bonds. The summed E-state index contributed by atoms with van der Waals surface area (Å²) in [4.78, 5) is 0. The van der Waals surface area contributed by atoms with E-state index in [1.807, 2.05) is 12.1 Å². The molecule has 2 aromatic rings. The molecule has 2 aromatic carbocycles. The van der Waals surface area contributed by atoms with Gasteiger partial charge in [0.1, 0.15) is 0 Å². The third-order valence-electron chi connectivity index (χ3n) is 3.01. The highest BCUT2D eigenvalue weighted by Crippen LogP contribution is 2.26. The van der Waals surface area contributed by atoms with Gasteiger partial charge in [0.25, 0.3) is 0 Å². The second kappa shape index (κ2) is 7.73. The lowest BCUT2D eigenvalue weighted by molar-refractivity contribution is 0.249. The Kier molecular flexibility index (Phi) is 6.21. The van der Waals surface area contributed by atoms with Gasteiger partial charge in [-0.15, -0.1) is 0 Å². The maximum Gasteiger partial charge on any atom is 0.185 e. The number of halogens is 2. The molecule has 0 heterocycles. The molecule has 0 aromatic heterocycles. The number of benzene rings is 2. The summed E-state index contributed by atoms with van der Waals surface area (Å²) in [6.45, 7) is 6.64. The van der Waals surface area contributed by atoms with Crippen LogP contribution in [0.5, 0.6) is 0 Å². The maximum absolute atomic E-state index is 6.34. The molecule has 4 heteroatoms. The molecule has 22 heavy (non-hydrogen) atoms. The van der Waals surface area contributed by atoms with Gasteiger partial charge in [-0.05, 0) is 55.0 Å². The highest BCUT2D eigenvalue weighted by Gasteiger charge is 2.20. The van der Waals surface area contributed by atoms with E-state index >= 15 is 0 Å². The van der Waals surface area contributed by atoms with E-state index in [-0.39, 0.29) is 6.10 Å². The predicted octanol–water partition coefficient (Wildman–Crippen LogP) is 6.82. The molecule has 0 aliphatic carbocycles. The van der Waals surface area contributed by atoms with Crippen LogP contribution in [0.25, 0.3) is 6.08 Å². The van der Waals surface area contributed by atoms with Crippen molar-refractivity contribution in [3.63, 3.8) is 0 Å². The summed E-state index contributed by atoms with van der Waals surface area (Å²) in [5.74, 6) is 0. The first-order chi connectivity index (χ1) is 10.3. The van der Waals surface area contributed by atoms with Crippen molar-refractivity contribution in [1.82, 2.24) is 0 Å². The molecule has 0 radical (unpaired) electrons. The molecular formula is C18H20Br2OSi. The van der Waals surface area contributed by atoms with Gasteiger partial charge in [-0.3, -0.25) is 0 Å². The van der Waals surface area contributed by atoms with E-state index < -0.39 is 8.32 Å². The molecule has 0 saturated carbocycles. The Balaban J connectivity index is 2.24. The molecule has 116 valence electrons. The van der Waals surface area contributed by atoms with Crippen LogP contribution < -0.4 is 0 Å². The van der Waals surface area contributed by atoms with Crippen LogP contribution in [-0.4, -0.2) is 8.32 Å². The molecule has 1 nitrogen and oxygen atoms in total. The summed E-state index contributed by atoms with van der Waals surface area (Å²) in [6, 6.07) is 16.6. The first-order valence-electron chi connectivity index (χ1n) is 7.20. The molecular weight excluding hydrogens is 420 g/mol. The molecule has 0 aliphatic heterocycles. The monoisotopic (exact) mass is 438 g/mol. The summed E-state index contributed by atoms with van der Waals surface area (Å²) in [7, 11) is -1.63. The van der Waals surface area contributed by atoms with Gasteiger partial charge in [0.2, 0.25) is 0 Å². The van der Waals surface area contributed by atoms with Crippen molar-refractivity contribution in [1.29, 1.82) is 0 Å². The predicted molar refractivity (Wildman–Crippen MR) is 104 cm³/mol. The quantitative estimate of drug-likeness (QED) is 0.464. The van der Waals surface area contributed by atoms with Crippen LogP contribution in [0, 0.1) is 0 Å². The lowest BCUT2D eigenvalue weighted by atomic mass is 10.1. The van der Waals surface area contributed by atoms with Crippen molar-refractivity contribution < 1.29 is 4.43 Å². The van der Waals surface area contributed by atoms with Crippen LogP contribution in [0.15, 0.2) is 63.6 Å². The Labute approximate surface area is 150 Å². The van der Waals surface area contributed by atoms with Crippen molar-refractivity contribution in [3.05, 3.63) is 74.7 Å². The van der Waals surface area contributed by atoms with Gasteiger partial charge in [-0.25, -0.2) is 0 Å². The fourth-order valence-electron chi connectivity index (χ4n) is 2.02. The molecule has 0 saturated heterocycles. The van der Waals surface area contributed by atoms with Crippen LogP contribution in [0.4, 0.5) is 0 Å². The summed E-state index contributed by atoms with van der Waals surface area (Å²) in [5, 5.41) is 0. The molecule has 0 spiro atoms. The van der Waals surface area contributed by atoms with Crippen molar-refractivity contribution in [2.24, 2.45) is 0 Å². The van der Waals surface area contributed by atoms with Crippen LogP contribution in [-0.2, 0) is 4.43 Å². The highest BCUT2D eigenvalue weighted by molar-refractivity contribution is 9.10. The van der Waals surface area contributed by atoms with Gasteiger partial charge in [0.15, 0.2) is 8.32 Å². The zero-order chi connectivity index (χ0) is 16.2. The van der Waals surface area contributed by atoms with Crippen LogP contribution in [0.2, 0.25) is 19.6 Å². The minimum atomic E-state index is -1.63. The van der Waals surface area contributed by atoms with Crippen molar-refractivity contribution >= 4 is 46.3 Å². The Morgan fingerprint density at radius 2 is 1.36 bits per heavy atom. The van der Waals surface area contributed by atoms with Gasteiger partial charge in [-0.1, -0.05) is 68.3 Å². The van der Waals surface area contributed by atoms with Crippen LogP contribution >= 0.6 is 31.9 Å². The molecule has 0 bridgehead atoms. The minimum absolute atomic E-state index is 0.0107. The van der Waals surface area contributed by atoms with E-state index in [2.05, 4.69) is 100 Å². The van der Waals surface area contributed by atoms with Gasteiger partial charge < -0.3 is 4.43 Å². The fraction of sp³-hybridized carbons (Fsp3) is 0.222. The van der Waals surface area contributed by atoms with Gasteiger partial charge in [-0.2, -0.15) is 0 Å². The first kappa shape index (κ1) is 17.7. The Hall–Kier alpha value is -0.683. The number of hydrogen-bond donors (Lipinski definition) is 0. The second-order valence-electron chi connectivity index (χ2n) is 6.11. The maximum atomic E-state index is 6.34. The van der Waals surface area contributed by atoms with E-state index in [1.165, 1.54) is 11.1 Å². The van der Waals surface area contributed by atoms with Gasteiger partial charge in [0.05, 0.1) is 6.10 Å². The average molecular weight is 440 g/mol. The first-order valence-corrected chi connectivity index (χ1v) is 12.2. The van der Waals surface area contributed by atoms with E-state index in [4.69, 9.17) is 4.43 Å². The van der Waals surface area contributed by atoms with Crippen molar-refractivity contribution in [2.75, 3.05) is 0 Å². The topological polar surface area (TPSA) is 9.23 Å². The lowest BCUT2D eigenvalue weighted by Gasteiger charge is -2.24. The Bertz CT molecular complexity index is 628. The molecule has 0 aliphatic rings. The normalized spacial score (nSPS) is 13.5. The van der Waals surface area contributed by atoms with Crippen molar-refractivity contribution in [2.45, 2.75) is 25.7 Å². The van der Waals surface area contributed by atoms with Gasteiger partial charge >= 0.3 is 0 Å². The molecule has 0 fully saturated rings. The summed E-state index contributed by atoms with van der Waals surface area (Å²) in [6.07, 6.45) is 4.26. The minimum Gasteiger partial charge on any atom is -0.407 e. The Morgan fingerprint density at radius 3 is 1.86 bits per heavy atom. The van der Waals surface area contributed by atoms with Gasteiger partial charge in [0, 0.05) is 8.95 Å². The molecule has 1 unspecified atom stereocenters. The van der Waals surface area contributed by atoms with E-state index in [0.29, 0.717) is 0 Å². The van der Waals surface area contributed by atoms with E-state index in [0.717, 1.165) is 8.95 Å². The zero-order valence-corrected chi connectivity index (χ0v) is 17.2. The molecule has 1 atom stereocenters. The highest BCUT2D eigenvalue weighted by atomic mass is 79.9. The van der Waals surface area contributed by atoms with E-state index in [9.17, 15) is 0 Å². The number of hydrogen-bond acceptors (Lipinski definition) is 1. The van der Waals surface area contributed by atoms with Crippen LogP contribution in [0.3, 0.4) is 0 Å². The average Bonchev–Trinajstić information content (AvgIpc) is 2.45. The fourth-order valence-corrected chi connectivity index (χ4v) is 3.53. The third-order valence-corrected chi connectivity index (χ3v) is 5.03. The number of rotatable bonds is 5. The lowest BCUT2D eigenvalue weighted by Crippen LogP contribution is -2.27. The largest absolute Gasteiger partial charge is 0.407 e. The second-order valence-corrected chi connectivity index (χ2v) is 12.4. The standard InChI is InChI=1S/C18H20Br2OSi/c1-22(2,3)21-18(15-7-11-17(20)12-8-15)13-6-14-4-9-16(19)10-5-14/h4-13,18H,1-3H3/b13-6+. The van der Waals surface area contributed by atoms with E-state index in [1.54, 1.807) is 0 Å². The Morgan fingerprint density at radius 1 is 0.864 bits per heavy atom. The zero-order valence-electron chi connectivity index (χ0n) is 13.0. The molecule has 2 rings (SSSR count). The summed E-state index contributed by atoms with van der Waals surface area (Å²) < 4.78 is 8.51. The SMILES string of the molecule is C[Si](C)(C)OC(/C=C/c1ccc(Br)cc1)c1ccc(Br)cc1. The van der Waals surface area contributed by atoms with Crippen LogP contribution in [0.1, 0.15) is 17.2 Å². The van der Waals surface area contributed by atoms with Crippen molar-refractivity contribution in [3.8, 4) is 0 Å². The smallest absolute Gasteiger partial charge is 0.185 e. The summed E-state index contributed by atoms with van der Waals surface area (Å²) >= 11 is 6.94. The molecule has 0 N–H and O–H groups in total. The third kappa shape index (κ3) is 5.84. The summed E-state index contributed by atoms with van der Waals surface area (Å²) in [5.41, 5.74) is 2.35.